The first-order valence-electron chi connectivity index (χ1n) is 25.0. The zero-order chi connectivity index (χ0) is 45.3. The molecule has 10 aromatic rings. The Morgan fingerprint density at radius 1 is 0.582 bits per heavy atom. The predicted octanol–water partition coefficient (Wildman–Crippen LogP) is 15.5. The molecule has 8 aromatic carbocycles. The Bertz CT molecular complexity index is 3780. The summed E-state index contributed by atoms with van der Waals surface area (Å²) >= 11 is 0. The van der Waals surface area contributed by atoms with Crippen LogP contribution in [0.5, 0.6) is 0 Å². The summed E-state index contributed by atoms with van der Waals surface area (Å²) in [6.45, 7) is 17.0. The molecule has 4 heterocycles. The largest absolute Gasteiger partial charge is 0.468 e. The van der Waals surface area contributed by atoms with Crippen LogP contribution in [-0.2, 0) is 22.7 Å². The molecule has 0 N–H and O–H groups in total. The molecule has 14 rings (SSSR count). The third-order valence-electron chi connectivity index (χ3n) is 17.3. The number of fused-ring (bicyclic) bond motifs is 15. The predicted molar refractivity (Wildman–Crippen MR) is 283 cm³/mol. The number of para-hydroxylation sites is 1. The van der Waals surface area contributed by atoms with Gasteiger partial charge in [-0.1, -0.05) is 170 Å². The van der Waals surface area contributed by atoms with Crippen LogP contribution >= 0.6 is 0 Å². The van der Waals surface area contributed by atoms with Gasteiger partial charge in [-0.05, 0) is 150 Å². The first-order valence-corrected chi connectivity index (χ1v) is 25.0. The molecule has 0 saturated carbocycles. The minimum Gasteiger partial charge on any atom is -0.468 e. The highest BCUT2D eigenvalue weighted by atomic mass is 16.3. The van der Waals surface area contributed by atoms with Crippen LogP contribution in [0, 0.1) is 0 Å². The van der Waals surface area contributed by atoms with E-state index in [1.807, 2.05) is 0 Å². The summed E-state index contributed by atoms with van der Waals surface area (Å²) in [6, 6.07) is 56.6. The standard InChI is InChI=1S/C64H56BNO/c1-8-9-18-37-27-28-42(45(31-37)38-19-11-10-12-20-38)55-56-49-35-51-52(63(4,5)30-29-62(51,2)3)36-54(49)67-61(56)65-59-48(34-47-41-23-15-16-26-50(41)64(6,7)58(47)57(55)59)44-25-17-24-43-46-32-39-21-13-14-22-40(39)33-53(46)66(65)60(43)44/h10-17,19-28,31-36,55H,8-9,18,29-30H2,1-7H3. The van der Waals surface area contributed by atoms with Gasteiger partial charge in [-0.15, -0.1) is 0 Å². The maximum atomic E-state index is 7.81. The van der Waals surface area contributed by atoms with Crippen LogP contribution in [0.2, 0.25) is 0 Å². The van der Waals surface area contributed by atoms with Gasteiger partial charge >= 0.3 is 6.85 Å². The third-order valence-corrected chi connectivity index (χ3v) is 17.3. The van der Waals surface area contributed by atoms with Crippen LogP contribution in [0.4, 0.5) is 0 Å². The highest BCUT2D eigenvalue weighted by Crippen LogP contribution is 2.58. The lowest BCUT2D eigenvalue weighted by molar-refractivity contribution is 0.332. The van der Waals surface area contributed by atoms with E-state index in [0.717, 1.165) is 30.5 Å². The van der Waals surface area contributed by atoms with Crippen LogP contribution in [0.1, 0.15) is 125 Å². The van der Waals surface area contributed by atoms with E-state index in [2.05, 4.69) is 199 Å². The van der Waals surface area contributed by atoms with E-state index in [0.29, 0.717) is 0 Å². The van der Waals surface area contributed by atoms with Crippen molar-refractivity contribution in [3.05, 3.63) is 190 Å². The molecule has 0 spiro atoms. The van der Waals surface area contributed by atoms with E-state index >= 15 is 0 Å². The van der Waals surface area contributed by atoms with E-state index in [-0.39, 0.29) is 29.0 Å². The number of unbranched alkanes of at least 4 members (excludes halogenated alkanes) is 1. The second-order valence-corrected chi connectivity index (χ2v) is 22.4. The molecule has 2 aromatic heterocycles. The summed E-state index contributed by atoms with van der Waals surface area (Å²) in [7, 11) is 0. The highest BCUT2D eigenvalue weighted by molar-refractivity contribution is 6.87. The maximum absolute atomic E-state index is 7.81. The average Bonchev–Trinajstić information content (AvgIpc) is 3.95. The van der Waals surface area contributed by atoms with Gasteiger partial charge in [0.1, 0.15) is 11.2 Å². The SMILES string of the molecule is CCCCc1ccc(C2c3c4c(cc5c3C(C)(C)c3ccccc3-5)-c3cccc5c6cc7ccccc7cc6n(c35)B4c3oc4cc5c(cc4c32)C(C)(C)CCC5(C)C)c(-c2ccccc2)c1. The van der Waals surface area contributed by atoms with Gasteiger partial charge in [0.05, 0.1) is 0 Å². The molecule has 2 aliphatic heterocycles. The third kappa shape index (κ3) is 5.24. The molecule has 0 bridgehead atoms. The van der Waals surface area contributed by atoms with Crippen LogP contribution in [-0.4, -0.2) is 11.3 Å². The van der Waals surface area contributed by atoms with Crippen molar-refractivity contribution in [2.75, 3.05) is 0 Å². The summed E-state index contributed by atoms with van der Waals surface area (Å²) in [5.74, 6) is -0.0959. The van der Waals surface area contributed by atoms with E-state index < -0.39 is 0 Å². The van der Waals surface area contributed by atoms with E-state index in [4.69, 9.17) is 4.42 Å². The number of hydrogen-bond donors (Lipinski definition) is 0. The number of hydrogen-bond acceptors (Lipinski definition) is 1. The van der Waals surface area contributed by atoms with Crippen molar-refractivity contribution in [2.24, 2.45) is 0 Å². The summed E-state index contributed by atoms with van der Waals surface area (Å²) in [5.41, 5.74) is 25.3. The molecule has 326 valence electrons. The van der Waals surface area contributed by atoms with E-state index in [1.165, 1.54) is 134 Å². The van der Waals surface area contributed by atoms with Crippen LogP contribution < -0.4 is 11.1 Å². The Balaban J connectivity index is 1.20. The fourth-order valence-electron chi connectivity index (χ4n) is 13.9. The second kappa shape index (κ2) is 13.5. The molecular weight excluding hydrogens is 810 g/mol. The number of furan rings is 1. The minimum absolute atomic E-state index is 0.0348. The zero-order valence-electron chi connectivity index (χ0n) is 39.9. The minimum atomic E-state index is -0.253. The van der Waals surface area contributed by atoms with Gasteiger partial charge < -0.3 is 8.90 Å². The first-order chi connectivity index (χ1) is 32.4. The van der Waals surface area contributed by atoms with Crippen LogP contribution in [0.15, 0.2) is 150 Å². The smallest absolute Gasteiger partial charge is 0.371 e. The lowest BCUT2D eigenvalue weighted by Gasteiger charge is -2.42. The fourth-order valence-corrected chi connectivity index (χ4v) is 13.9. The molecule has 1 unspecified atom stereocenters. The van der Waals surface area contributed by atoms with Gasteiger partial charge in [0.15, 0.2) is 0 Å². The van der Waals surface area contributed by atoms with Crippen molar-refractivity contribution in [2.45, 2.75) is 103 Å². The van der Waals surface area contributed by atoms with Crippen LogP contribution in [0.3, 0.4) is 0 Å². The number of benzene rings is 8. The average molecular weight is 866 g/mol. The summed E-state index contributed by atoms with van der Waals surface area (Å²) in [5, 5.41) is 6.41. The Kier molecular flexibility index (Phi) is 7.99. The fraction of sp³-hybridized carbons (Fsp3) is 0.250. The van der Waals surface area contributed by atoms with Crippen molar-refractivity contribution in [3.63, 3.8) is 0 Å². The molecule has 0 fully saturated rings. The summed E-state index contributed by atoms with van der Waals surface area (Å²) in [6.07, 6.45) is 5.73. The van der Waals surface area contributed by atoms with E-state index in [1.54, 1.807) is 0 Å². The van der Waals surface area contributed by atoms with Crippen molar-refractivity contribution >= 4 is 61.5 Å². The Morgan fingerprint density at radius 3 is 2.09 bits per heavy atom. The molecule has 1 atom stereocenters. The Labute approximate surface area is 394 Å². The lowest BCUT2D eigenvalue weighted by Crippen LogP contribution is -2.57. The van der Waals surface area contributed by atoms with Gasteiger partial charge in [-0.3, -0.25) is 0 Å². The monoisotopic (exact) mass is 865 g/mol. The number of aryl methyl sites for hydroxylation is 1. The van der Waals surface area contributed by atoms with Gasteiger partial charge in [0, 0.05) is 49.7 Å². The molecule has 3 heteroatoms. The molecule has 2 aliphatic carbocycles. The van der Waals surface area contributed by atoms with Gasteiger partial charge in [-0.2, -0.15) is 0 Å². The molecule has 0 saturated heterocycles. The quantitative estimate of drug-likeness (QED) is 0.158. The Morgan fingerprint density at radius 2 is 1.30 bits per heavy atom. The normalized spacial score (nSPS) is 17.7. The topological polar surface area (TPSA) is 18.1 Å². The molecule has 67 heavy (non-hydrogen) atoms. The molecule has 0 radical (unpaired) electrons. The lowest BCUT2D eigenvalue weighted by atomic mass is 9.42. The van der Waals surface area contributed by atoms with Gasteiger partial charge in [0.2, 0.25) is 0 Å². The highest BCUT2D eigenvalue weighted by Gasteiger charge is 2.52. The molecule has 4 aliphatic rings. The number of nitrogens with zero attached hydrogens (tertiary/aromatic N) is 1. The maximum Gasteiger partial charge on any atom is 0.371 e. The van der Waals surface area contributed by atoms with Crippen LogP contribution in [0.25, 0.3) is 76.9 Å². The zero-order valence-corrected chi connectivity index (χ0v) is 39.9. The van der Waals surface area contributed by atoms with Gasteiger partial charge in [0.25, 0.3) is 0 Å². The van der Waals surface area contributed by atoms with E-state index in [9.17, 15) is 0 Å². The van der Waals surface area contributed by atoms with Gasteiger partial charge in [-0.25, -0.2) is 0 Å². The summed E-state index contributed by atoms with van der Waals surface area (Å²) < 4.78 is 10.5. The number of rotatable bonds is 5. The van der Waals surface area contributed by atoms with Crippen molar-refractivity contribution in [1.82, 2.24) is 4.48 Å². The molecular formula is C64H56BNO. The summed E-state index contributed by atoms with van der Waals surface area (Å²) in [4.78, 5) is 0. The van der Waals surface area contributed by atoms with Crippen molar-refractivity contribution in [1.29, 1.82) is 0 Å². The second-order valence-electron chi connectivity index (χ2n) is 22.4. The molecule has 2 nitrogen and oxygen atoms in total. The van der Waals surface area contributed by atoms with Crippen molar-refractivity contribution in [3.8, 4) is 33.4 Å². The first kappa shape index (κ1) is 39.6. The number of aromatic nitrogens is 1. The van der Waals surface area contributed by atoms with Crippen molar-refractivity contribution < 1.29 is 4.42 Å². The molecule has 0 amide bonds. The Hall–Kier alpha value is -6.58.